The number of aliphatic carboxylic acids is 1. The Morgan fingerprint density at radius 3 is 2.03 bits per heavy atom. The maximum Gasteiger partial charge on any atom is 0.407 e. The third-order valence-corrected chi connectivity index (χ3v) is 7.22. The van der Waals surface area contributed by atoms with Gasteiger partial charge < -0.3 is 20.5 Å². The van der Waals surface area contributed by atoms with E-state index in [1.165, 1.54) is 22.3 Å². The van der Waals surface area contributed by atoms with Crippen LogP contribution in [0.1, 0.15) is 49.1 Å². The quantitative estimate of drug-likeness (QED) is 0.599. The molecule has 0 bridgehead atoms. The molecule has 0 saturated heterocycles. The highest BCUT2D eigenvalue weighted by Gasteiger charge is 2.39. The van der Waals surface area contributed by atoms with E-state index in [1.54, 1.807) is 0 Å². The minimum Gasteiger partial charge on any atom is -0.481 e. The molecule has 2 amide bonds. The summed E-state index contributed by atoms with van der Waals surface area (Å²) >= 11 is 0. The van der Waals surface area contributed by atoms with Crippen LogP contribution in [0.25, 0.3) is 11.1 Å². The second kappa shape index (κ2) is 8.89. The van der Waals surface area contributed by atoms with E-state index in [9.17, 15) is 14.4 Å². The van der Waals surface area contributed by atoms with Gasteiger partial charge in [-0.1, -0.05) is 48.5 Å². The predicted molar refractivity (Wildman–Crippen MR) is 122 cm³/mol. The average molecular weight is 449 g/mol. The second-order valence-electron chi connectivity index (χ2n) is 9.48. The van der Waals surface area contributed by atoms with E-state index in [0.29, 0.717) is 12.8 Å². The van der Waals surface area contributed by atoms with Gasteiger partial charge in [-0.15, -0.1) is 0 Å². The van der Waals surface area contributed by atoms with E-state index in [1.807, 2.05) is 24.3 Å². The van der Waals surface area contributed by atoms with Crippen LogP contribution >= 0.6 is 0 Å². The van der Waals surface area contributed by atoms with Gasteiger partial charge in [0.25, 0.3) is 0 Å². The minimum absolute atomic E-state index is 0.000591. The van der Waals surface area contributed by atoms with Crippen LogP contribution in [0.2, 0.25) is 0 Å². The number of amides is 2. The maximum absolute atomic E-state index is 12.4. The molecular weight excluding hydrogens is 420 g/mol. The van der Waals surface area contributed by atoms with E-state index >= 15 is 0 Å². The van der Waals surface area contributed by atoms with Gasteiger partial charge in [0.15, 0.2) is 0 Å². The van der Waals surface area contributed by atoms with Gasteiger partial charge in [0.05, 0.1) is 0 Å². The molecule has 2 aromatic rings. The number of carbonyl (C=O) groups is 3. The lowest BCUT2D eigenvalue weighted by molar-refractivity contribution is -0.139. The fourth-order valence-electron chi connectivity index (χ4n) is 5.34. The van der Waals surface area contributed by atoms with Gasteiger partial charge in [-0.25, -0.2) is 4.79 Å². The van der Waals surface area contributed by atoms with Crippen LogP contribution in [-0.2, 0) is 14.3 Å². The molecule has 3 aliphatic rings. The minimum atomic E-state index is -0.786. The zero-order valence-corrected chi connectivity index (χ0v) is 18.3. The number of ether oxygens (including phenoxy) is 1. The van der Waals surface area contributed by atoms with Gasteiger partial charge in [-0.3, -0.25) is 9.59 Å². The van der Waals surface area contributed by atoms with E-state index in [2.05, 4.69) is 34.9 Å². The van der Waals surface area contributed by atoms with Gasteiger partial charge in [0, 0.05) is 30.3 Å². The lowest BCUT2D eigenvalue weighted by Gasteiger charge is -2.39. The van der Waals surface area contributed by atoms with Crippen LogP contribution in [-0.4, -0.2) is 41.8 Å². The third-order valence-electron chi connectivity index (χ3n) is 7.22. The Bertz CT molecular complexity index is 1030. The number of hydrogen-bond acceptors (Lipinski definition) is 4. The monoisotopic (exact) mass is 448 g/mol. The number of carboxylic acid groups (broad SMARTS) is 1. The van der Waals surface area contributed by atoms with E-state index < -0.39 is 12.1 Å². The molecule has 0 unspecified atom stereocenters. The van der Waals surface area contributed by atoms with Crippen molar-refractivity contribution in [3.63, 3.8) is 0 Å². The van der Waals surface area contributed by atoms with Gasteiger partial charge in [0.2, 0.25) is 5.91 Å². The number of fused-ring (bicyclic) bond motifs is 3. The molecule has 7 heteroatoms. The van der Waals surface area contributed by atoms with Gasteiger partial charge in [-0.2, -0.15) is 0 Å². The summed E-state index contributed by atoms with van der Waals surface area (Å²) in [7, 11) is 0. The third kappa shape index (κ3) is 4.45. The fourth-order valence-corrected chi connectivity index (χ4v) is 5.34. The van der Waals surface area contributed by atoms with Crippen LogP contribution in [0.5, 0.6) is 0 Å². The van der Waals surface area contributed by atoms with Gasteiger partial charge in [0.1, 0.15) is 6.61 Å². The number of rotatable bonds is 7. The molecule has 2 saturated carbocycles. The fraction of sp³-hybridized carbons (Fsp3) is 0.423. The van der Waals surface area contributed by atoms with Crippen molar-refractivity contribution < 1.29 is 24.2 Å². The Balaban J connectivity index is 1.05. The first-order valence-corrected chi connectivity index (χ1v) is 11.6. The van der Waals surface area contributed by atoms with Crippen molar-refractivity contribution in [2.75, 3.05) is 6.61 Å². The first-order valence-electron chi connectivity index (χ1n) is 11.6. The molecule has 0 aromatic heterocycles. The molecule has 0 aliphatic heterocycles. The molecule has 2 aromatic carbocycles. The van der Waals surface area contributed by atoms with Crippen molar-refractivity contribution in [1.82, 2.24) is 10.6 Å². The Kier molecular flexibility index (Phi) is 5.79. The zero-order valence-electron chi connectivity index (χ0n) is 18.3. The largest absolute Gasteiger partial charge is 0.481 e. The molecule has 7 nitrogen and oxygen atoms in total. The summed E-state index contributed by atoms with van der Waals surface area (Å²) in [5.41, 5.74) is 4.73. The smallest absolute Gasteiger partial charge is 0.407 e. The number of hydrogen-bond donors (Lipinski definition) is 3. The van der Waals surface area contributed by atoms with Crippen molar-refractivity contribution >= 4 is 18.0 Å². The standard InChI is InChI=1S/C26H28N2O5/c29-24(30)11-15-9-17(10-15)27-25(31)16-12-18(13-16)28-26(32)33-14-23-21-7-3-1-5-19(21)20-6-2-4-8-22(20)23/h1-8,15-18,23H,9-14H2,(H,27,31)(H,28,32)(H,29,30). The summed E-state index contributed by atoms with van der Waals surface area (Å²) in [6, 6.07) is 16.5. The number of alkyl carbamates (subject to hydrolysis) is 1. The van der Waals surface area contributed by atoms with Crippen LogP contribution in [0.15, 0.2) is 48.5 Å². The molecule has 0 radical (unpaired) electrons. The second-order valence-corrected chi connectivity index (χ2v) is 9.48. The van der Waals surface area contributed by atoms with E-state index in [4.69, 9.17) is 9.84 Å². The molecule has 3 N–H and O–H groups in total. The Hall–Kier alpha value is -3.35. The summed E-state index contributed by atoms with van der Waals surface area (Å²) < 4.78 is 5.58. The first kappa shape index (κ1) is 21.5. The normalized spacial score (nSPS) is 25.1. The van der Waals surface area contributed by atoms with Crippen LogP contribution < -0.4 is 10.6 Å². The number of carbonyl (C=O) groups excluding carboxylic acids is 2. The lowest BCUT2D eigenvalue weighted by Crippen LogP contribution is -2.53. The molecule has 3 aliphatic carbocycles. The molecule has 172 valence electrons. The maximum atomic E-state index is 12.4. The number of carboxylic acids is 1. The summed E-state index contributed by atoms with van der Waals surface area (Å²) in [5.74, 6) is -0.708. The molecule has 0 spiro atoms. The van der Waals surface area contributed by atoms with Gasteiger partial charge in [-0.05, 0) is 53.9 Å². The van der Waals surface area contributed by atoms with Crippen LogP contribution in [0, 0.1) is 11.8 Å². The van der Waals surface area contributed by atoms with Crippen molar-refractivity contribution in [3.05, 3.63) is 59.7 Å². The van der Waals surface area contributed by atoms with E-state index in [0.717, 1.165) is 12.8 Å². The molecule has 0 atom stereocenters. The Morgan fingerprint density at radius 2 is 1.42 bits per heavy atom. The SMILES string of the molecule is O=C(O)CC1CC(NC(=O)C2CC(NC(=O)OCC3c4ccccc4-c4ccccc43)C2)C1. The van der Waals surface area contributed by atoms with Crippen LogP contribution in [0.4, 0.5) is 4.79 Å². The van der Waals surface area contributed by atoms with Crippen molar-refractivity contribution in [3.8, 4) is 11.1 Å². The lowest BCUT2D eigenvalue weighted by atomic mass is 9.76. The molecule has 0 heterocycles. The van der Waals surface area contributed by atoms with E-state index in [-0.39, 0.29) is 48.8 Å². The van der Waals surface area contributed by atoms with Crippen LogP contribution in [0.3, 0.4) is 0 Å². The number of benzene rings is 2. The number of nitrogens with one attached hydrogen (secondary N) is 2. The molecule has 5 rings (SSSR count). The summed E-state index contributed by atoms with van der Waals surface area (Å²) in [6.07, 6.45) is 2.37. The average Bonchev–Trinajstić information content (AvgIpc) is 3.06. The predicted octanol–water partition coefficient (Wildman–Crippen LogP) is 3.67. The topological polar surface area (TPSA) is 105 Å². The van der Waals surface area contributed by atoms with Crippen molar-refractivity contribution in [2.24, 2.45) is 11.8 Å². The molecular formula is C26H28N2O5. The van der Waals surface area contributed by atoms with Crippen molar-refractivity contribution in [2.45, 2.75) is 50.1 Å². The van der Waals surface area contributed by atoms with Gasteiger partial charge >= 0.3 is 12.1 Å². The highest BCUT2D eigenvalue weighted by Crippen LogP contribution is 2.44. The highest BCUT2D eigenvalue weighted by atomic mass is 16.5. The highest BCUT2D eigenvalue weighted by molar-refractivity contribution is 5.81. The molecule has 33 heavy (non-hydrogen) atoms. The summed E-state index contributed by atoms with van der Waals surface area (Å²) in [6.45, 7) is 0.273. The molecule has 2 fully saturated rings. The Labute approximate surface area is 192 Å². The first-order chi connectivity index (χ1) is 16.0. The zero-order chi connectivity index (χ0) is 22.9. The summed E-state index contributed by atoms with van der Waals surface area (Å²) in [5, 5.41) is 14.7. The van der Waals surface area contributed by atoms with Crippen molar-refractivity contribution in [1.29, 1.82) is 0 Å². The Morgan fingerprint density at radius 1 is 0.848 bits per heavy atom. The summed E-state index contributed by atoms with van der Waals surface area (Å²) in [4.78, 5) is 35.4.